The Morgan fingerprint density at radius 3 is 2.62 bits per heavy atom. The molecule has 0 spiro atoms. The number of nitrogens with two attached hydrogens (primary N) is 1. The monoisotopic (exact) mass is 306 g/mol. The first kappa shape index (κ1) is 15.1. The Morgan fingerprint density at radius 1 is 1.29 bits per heavy atom. The Hall–Kier alpha value is -2.34. The van der Waals surface area contributed by atoms with E-state index in [9.17, 15) is 0 Å². The normalized spacial score (nSPS) is 11.5. The maximum Gasteiger partial charge on any atom is 0.250 e. The molecule has 0 saturated heterocycles. The molecule has 0 amide bonds. The minimum Gasteiger partial charge on any atom is -0.437 e. The Kier molecular flexibility index (Phi) is 4.28. The van der Waals surface area contributed by atoms with Crippen molar-refractivity contribution >= 4 is 17.4 Å². The number of halogens is 1. The number of hydrogen-bond donors (Lipinski definition) is 2. The molecule has 3 N–H and O–H groups in total. The summed E-state index contributed by atoms with van der Waals surface area (Å²) in [6.45, 7) is 5.45. The third kappa shape index (κ3) is 3.05. The van der Waals surface area contributed by atoms with Gasteiger partial charge in [-0.1, -0.05) is 16.8 Å². The molecule has 0 radical (unpaired) electrons. The predicted octanol–water partition coefficient (Wildman–Crippen LogP) is 2.94. The van der Waals surface area contributed by atoms with Crippen molar-refractivity contribution in [3.8, 4) is 11.6 Å². The van der Waals surface area contributed by atoms with Crippen molar-refractivity contribution in [2.45, 2.75) is 20.8 Å². The average molecular weight is 307 g/mol. The van der Waals surface area contributed by atoms with Crippen LogP contribution in [0, 0.1) is 20.8 Å². The van der Waals surface area contributed by atoms with E-state index in [0.717, 1.165) is 11.1 Å². The summed E-state index contributed by atoms with van der Waals surface area (Å²) in [7, 11) is 0. The van der Waals surface area contributed by atoms with E-state index in [0.29, 0.717) is 22.0 Å². The van der Waals surface area contributed by atoms with Crippen molar-refractivity contribution in [3.05, 3.63) is 45.6 Å². The summed E-state index contributed by atoms with van der Waals surface area (Å²) >= 11 is 5.98. The Balaban J connectivity index is 2.49. The van der Waals surface area contributed by atoms with Gasteiger partial charge in [-0.15, -0.1) is 5.10 Å². The molecule has 0 saturated carbocycles. The molecule has 0 fully saturated rings. The van der Waals surface area contributed by atoms with Gasteiger partial charge in [0.2, 0.25) is 5.88 Å². The SMILES string of the molecule is Cc1cc(Oc2nnc(C)c(C)c2/C(N)=N/O)ccc1Cl. The van der Waals surface area contributed by atoms with E-state index in [1.807, 2.05) is 6.92 Å². The van der Waals surface area contributed by atoms with Crippen molar-refractivity contribution in [3.63, 3.8) is 0 Å². The maximum absolute atomic E-state index is 8.92. The molecular formula is C14H15ClN4O2. The Bertz CT molecular complexity index is 716. The first-order valence-corrected chi connectivity index (χ1v) is 6.57. The molecule has 21 heavy (non-hydrogen) atoms. The molecule has 0 aliphatic carbocycles. The van der Waals surface area contributed by atoms with Gasteiger partial charge in [0.05, 0.1) is 11.3 Å². The number of ether oxygens (including phenoxy) is 1. The van der Waals surface area contributed by atoms with Crippen LogP contribution >= 0.6 is 11.6 Å². The fraction of sp³-hybridized carbons (Fsp3) is 0.214. The van der Waals surface area contributed by atoms with Crippen molar-refractivity contribution in [2.75, 3.05) is 0 Å². The highest BCUT2D eigenvalue weighted by atomic mass is 35.5. The van der Waals surface area contributed by atoms with Crippen LogP contribution in [0.3, 0.4) is 0 Å². The summed E-state index contributed by atoms with van der Waals surface area (Å²) in [6, 6.07) is 5.21. The van der Waals surface area contributed by atoms with Crippen LogP contribution in [0.5, 0.6) is 11.6 Å². The van der Waals surface area contributed by atoms with Gasteiger partial charge >= 0.3 is 0 Å². The van der Waals surface area contributed by atoms with Gasteiger partial charge in [-0.2, -0.15) is 5.10 Å². The van der Waals surface area contributed by atoms with E-state index in [1.165, 1.54) is 0 Å². The van der Waals surface area contributed by atoms with Crippen molar-refractivity contribution in [1.29, 1.82) is 0 Å². The van der Waals surface area contributed by atoms with Crippen LogP contribution in [0.2, 0.25) is 5.02 Å². The Labute approximate surface area is 127 Å². The second kappa shape index (κ2) is 5.97. The lowest BCUT2D eigenvalue weighted by atomic mass is 10.1. The Morgan fingerprint density at radius 2 is 2.00 bits per heavy atom. The van der Waals surface area contributed by atoms with Crippen LogP contribution in [0.1, 0.15) is 22.4 Å². The molecule has 1 aromatic heterocycles. The van der Waals surface area contributed by atoms with E-state index in [4.69, 9.17) is 27.3 Å². The van der Waals surface area contributed by atoms with Gasteiger partial charge in [-0.05, 0) is 50.1 Å². The van der Waals surface area contributed by atoms with Gasteiger partial charge in [0, 0.05) is 5.02 Å². The fourth-order valence-corrected chi connectivity index (χ4v) is 1.92. The van der Waals surface area contributed by atoms with Gasteiger partial charge in [0.25, 0.3) is 0 Å². The number of nitrogens with zero attached hydrogens (tertiary/aromatic N) is 3. The minimum absolute atomic E-state index is 0.0776. The van der Waals surface area contributed by atoms with E-state index < -0.39 is 0 Å². The predicted molar refractivity (Wildman–Crippen MR) is 80.3 cm³/mol. The first-order chi connectivity index (χ1) is 9.93. The zero-order chi connectivity index (χ0) is 15.6. The molecule has 0 aliphatic rings. The van der Waals surface area contributed by atoms with E-state index in [-0.39, 0.29) is 11.7 Å². The van der Waals surface area contributed by atoms with Gasteiger partial charge in [-0.3, -0.25) is 0 Å². The third-order valence-electron chi connectivity index (χ3n) is 3.13. The maximum atomic E-state index is 8.92. The second-order valence-electron chi connectivity index (χ2n) is 4.59. The van der Waals surface area contributed by atoms with Gasteiger partial charge in [0.15, 0.2) is 5.84 Å². The second-order valence-corrected chi connectivity index (χ2v) is 5.00. The van der Waals surface area contributed by atoms with Crippen LogP contribution in [0.15, 0.2) is 23.4 Å². The molecule has 0 atom stereocenters. The van der Waals surface area contributed by atoms with E-state index in [1.54, 1.807) is 32.0 Å². The van der Waals surface area contributed by atoms with Crippen LogP contribution in [-0.4, -0.2) is 21.2 Å². The summed E-state index contributed by atoms with van der Waals surface area (Å²) in [5.74, 6) is 0.641. The summed E-state index contributed by atoms with van der Waals surface area (Å²) in [6.07, 6.45) is 0. The molecule has 6 nitrogen and oxygen atoms in total. The highest BCUT2D eigenvalue weighted by Crippen LogP contribution is 2.28. The zero-order valence-electron chi connectivity index (χ0n) is 11.9. The fourth-order valence-electron chi connectivity index (χ4n) is 1.80. The summed E-state index contributed by atoms with van der Waals surface area (Å²) < 4.78 is 5.70. The van der Waals surface area contributed by atoms with Crippen molar-refractivity contribution in [2.24, 2.45) is 10.9 Å². The largest absolute Gasteiger partial charge is 0.437 e. The smallest absolute Gasteiger partial charge is 0.250 e. The summed E-state index contributed by atoms with van der Waals surface area (Å²) in [4.78, 5) is 0. The highest BCUT2D eigenvalue weighted by molar-refractivity contribution is 6.31. The van der Waals surface area contributed by atoms with Crippen LogP contribution < -0.4 is 10.5 Å². The summed E-state index contributed by atoms with van der Waals surface area (Å²) in [5, 5.41) is 20.6. The number of hydrogen-bond acceptors (Lipinski definition) is 5. The number of oxime groups is 1. The number of benzene rings is 1. The molecule has 2 rings (SSSR count). The zero-order valence-corrected chi connectivity index (χ0v) is 12.6. The molecular weight excluding hydrogens is 292 g/mol. The van der Waals surface area contributed by atoms with Gasteiger partial charge in [0.1, 0.15) is 5.75 Å². The number of amidine groups is 1. The molecule has 7 heteroatoms. The lowest BCUT2D eigenvalue weighted by Crippen LogP contribution is -2.18. The van der Waals surface area contributed by atoms with Crippen molar-refractivity contribution < 1.29 is 9.94 Å². The number of rotatable bonds is 3. The van der Waals surface area contributed by atoms with Crippen LogP contribution in [0.4, 0.5) is 0 Å². The highest BCUT2D eigenvalue weighted by Gasteiger charge is 2.17. The van der Waals surface area contributed by atoms with Gasteiger partial charge < -0.3 is 15.7 Å². The number of aromatic nitrogens is 2. The minimum atomic E-state index is -0.0776. The molecule has 2 aromatic rings. The molecule has 1 heterocycles. The van der Waals surface area contributed by atoms with Crippen LogP contribution in [-0.2, 0) is 0 Å². The van der Waals surface area contributed by atoms with Gasteiger partial charge in [-0.25, -0.2) is 0 Å². The van der Waals surface area contributed by atoms with Crippen LogP contribution in [0.25, 0.3) is 0 Å². The molecule has 110 valence electrons. The average Bonchev–Trinajstić information content (AvgIpc) is 2.46. The third-order valence-corrected chi connectivity index (χ3v) is 3.55. The quantitative estimate of drug-likeness (QED) is 0.393. The van der Waals surface area contributed by atoms with E-state index >= 15 is 0 Å². The molecule has 0 bridgehead atoms. The molecule has 0 unspecified atom stereocenters. The number of aryl methyl sites for hydroxylation is 2. The topological polar surface area (TPSA) is 93.6 Å². The molecule has 1 aromatic carbocycles. The summed E-state index contributed by atoms with van der Waals surface area (Å²) in [5.41, 5.74) is 8.40. The lowest BCUT2D eigenvalue weighted by Gasteiger charge is -2.12. The lowest BCUT2D eigenvalue weighted by molar-refractivity contribution is 0.318. The van der Waals surface area contributed by atoms with E-state index in [2.05, 4.69) is 15.4 Å². The standard InChI is InChI=1S/C14H15ClN4O2/c1-7-6-10(4-5-11(7)15)21-14-12(13(16)19-20)8(2)9(3)17-18-14/h4-6,20H,1-3H3,(H2,16,19). The van der Waals surface area contributed by atoms with Crippen molar-refractivity contribution in [1.82, 2.24) is 10.2 Å². The molecule has 0 aliphatic heterocycles. The first-order valence-electron chi connectivity index (χ1n) is 6.19.